The maximum absolute atomic E-state index is 10.3. The van der Waals surface area contributed by atoms with Crippen molar-refractivity contribution in [2.24, 2.45) is 5.73 Å². The first-order valence-electron chi connectivity index (χ1n) is 3.96. The van der Waals surface area contributed by atoms with E-state index in [-0.39, 0.29) is 12.6 Å². The van der Waals surface area contributed by atoms with Crippen LogP contribution in [0.4, 0.5) is 11.9 Å². The van der Waals surface area contributed by atoms with Gasteiger partial charge in [0.05, 0.1) is 6.61 Å². The molecule has 1 aromatic rings. The zero-order chi connectivity index (χ0) is 10.4. The quantitative estimate of drug-likeness (QED) is 0.405. The van der Waals surface area contributed by atoms with Crippen LogP contribution in [-0.2, 0) is 9.53 Å². The first-order valence-corrected chi connectivity index (χ1v) is 3.96. The van der Waals surface area contributed by atoms with E-state index in [4.69, 9.17) is 16.2 Å². The van der Waals surface area contributed by atoms with Gasteiger partial charge in [0, 0.05) is 6.54 Å². The van der Waals surface area contributed by atoms with Gasteiger partial charge in [-0.15, -0.1) is 5.10 Å². The highest BCUT2D eigenvalue weighted by Gasteiger charge is 1.98. The summed E-state index contributed by atoms with van der Waals surface area (Å²) in [5.41, 5.74) is 10.1. The van der Waals surface area contributed by atoms with Crippen molar-refractivity contribution in [3.63, 3.8) is 0 Å². The number of nitrogens with one attached hydrogen (secondary N) is 2. The van der Waals surface area contributed by atoms with Crippen LogP contribution in [0, 0.1) is 0 Å². The van der Waals surface area contributed by atoms with E-state index in [1.807, 2.05) is 0 Å². The zero-order valence-corrected chi connectivity index (χ0v) is 7.49. The van der Waals surface area contributed by atoms with Gasteiger partial charge in [-0.05, 0) is 0 Å². The van der Waals surface area contributed by atoms with Crippen LogP contribution < -0.4 is 16.8 Å². The summed E-state index contributed by atoms with van der Waals surface area (Å²) in [6, 6.07) is 0. The van der Waals surface area contributed by atoms with Crippen LogP contribution in [0.3, 0.4) is 0 Å². The van der Waals surface area contributed by atoms with Gasteiger partial charge in [-0.1, -0.05) is 0 Å². The fraction of sp³-hybridized carbons (Fsp3) is 0.500. The molecule has 1 amide bonds. The van der Waals surface area contributed by atoms with Crippen LogP contribution in [0.2, 0.25) is 0 Å². The number of primary amides is 1. The number of nitrogen functional groups attached to an aromatic ring is 1. The van der Waals surface area contributed by atoms with Gasteiger partial charge < -0.3 is 21.5 Å². The van der Waals surface area contributed by atoms with E-state index in [0.717, 1.165) is 0 Å². The summed E-state index contributed by atoms with van der Waals surface area (Å²) in [6.07, 6.45) is 0. The number of ether oxygens (including phenoxy) is 1. The minimum Gasteiger partial charge on any atom is -0.370 e. The molecule has 1 heterocycles. The number of nitrogens with two attached hydrogens (primary N) is 2. The molecule has 0 spiro atoms. The molecule has 8 nitrogen and oxygen atoms in total. The van der Waals surface area contributed by atoms with E-state index in [9.17, 15) is 4.79 Å². The van der Waals surface area contributed by atoms with Crippen LogP contribution in [-0.4, -0.2) is 40.8 Å². The smallest absolute Gasteiger partial charge is 0.243 e. The average Bonchev–Trinajstić information content (AvgIpc) is 2.50. The number of H-pyrrole nitrogens is 1. The molecule has 0 aliphatic rings. The minimum atomic E-state index is -0.493. The predicted molar refractivity (Wildman–Crippen MR) is 49.3 cm³/mol. The van der Waals surface area contributed by atoms with Gasteiger partial charge >= 0.3 is 0 Å². The molecule has 0 saturated carbocycles. The molecule has 8 heteroatoms. The van der Waals surface area contributed by atoms with Crippen molar-refractivity contribution in [3.8, 4) is 0 Å². The molecule has 78 valence electrons. The summed E-state index contributed by atoms with van der Waals surface area (Å²) in [6.45, 7) is 0.736. The number of carbonyl (C=O) groups is 1. The molecule has 6 N–H and O–H groups in total. The number of hydrogen-bond donors (Lipinski definition) is 4. The normalized spacial score (nSPS) is 10.0. The number of carbonyl (C=O) groups excluding carboxylic acids is 1. The van der Waals surface area contributed by atoms with Crippen LogP contribution in [0.1, 0.15) is 0 Å². The zero-order valence-electron chi connectivity index (χ0n) is 7.49. The van der Waals surface area contributed by atoms with Gasteiger partial charge in [0.25, 0.3) is 0 Å². The Labute approximate surface area is 80.0 Å². The van der Waals surface area contributed by atoms with E-state index < -0.39 is 5.91 Å². The molecular formula is C6H12N6O2. The summed E-state index contributed by atoms with van der Waals surface area (Å²) in [5.74, 6) is 0.142. The van der Waals surface area contributed by atoms with Crippen LogP contribution in [0.5, 0.6) is 0 Å². The molecule has 1 aromatic heterocycles. The fourth-order valence-corrected chi connectivity index (χ4v) is 0.761. The van der Waals surface area contributed by atoms with Crippen LogP contribution in [0.25, 0.3) is 0 Å². The third kappa shape index (κ3) is 3.72. The first kappa shape index (κ1) is 10.3. The number of anilines is 2. The van der Waals surface area contributed by atoms with Gasteiger partial charge in [0.15, 0.2) is 0 Å². The second-order valence-electron chi connectivity index (χ2n) is 2.49. The van der Waals surface area contributed by atoms with Crippen molar-refractivity contribution >= 4 is 17.8 Å². The van der Waals surface area contributed by atoms with Gasteiger partial charge in [0.2, 0.25) is 17.8 Å². The first-order chi connectivity index (χ1) is 6.68. The summed E-state index contributed by atoms with van der Waals surface area (Å²) in [5, 5.41) is 9.02. The highest BCUT2D eigenvalue weighted by molar-refractivity contribution is 5.74. The molecule has 0 aliphatic carbocycles. The lowest BCUT2D eigenvalue weighted by Gasteiger charge is -2.01. The maximum atomic E-state index is 10.3. The highest BCUT2D eigenvalue weighted by atomic mass is 16.5. The second-order valence-corrected chi connectivity index (χ2v) is 2.49. The van der Waals surface area contributed by atoms with Crippen molar-refractivity contribution in [1.29, 1.82) is 0 Å². The molecule has 0 aliphatic heterocycles. The van der Waals surface area contributed by atoms with E-state index in [1.165, 1.54) is 0 Å². The maximum Gasteiger partial charge on any atom is 0.243 e. The van der Waals surface area contributed by atoms with Crippen molar-refractivity contribution in [1.82, 2.24) is 15.2 Å². The van der Waals surface area contributed by atoms with Gasteiger partial charge in [0.1, 0.15) is 6.61 Å². The molecule has 0 radical (unpaired) electrons. The third-order valence-electron chi connectivity index (χ3n) is 1.28. The molecule has 0 atom stereocenters. The molecule has 0 fully saturated rings. The Bertz CT molecular complexity index is 298. The monoisotopic (exact) mass is 200 g/mol. The topological polar surface area (TPSA) is 132 Å². The van der Waals surface area contributed by atoms with Crippen molar-refractivity contribution in [2.75, 3.05) is 30.8 Å². The lowest BCUT2D eigenvalue weighted by molar-refractivity contribution is -0.122. The number of aromatic amines is 1. The van der Waals surface area contributed by atoms with Gasteiger partial charge in [-0.3, -0.25) is 4.79 Å². The molecule has 14 heavy (non-hydrogen) atoms. The van der Waals surface area contributed by atoms with Crippen LogP contribution in [0.15, 0.2) is 0 Å². The molecule has 0 saturated heterocycles. The molecule has 0 unspecified atom stereocenters. The van der Waals surface area contributed by atoms with E-state index in [0.29, 0.717) is 19.1 Å². The van der Waals surface area contributed by atoms with E-state index >= 15 is 0 Å². The average molecular weight is 200 g/mol. The number of hydrogen-bond acceptors (Lipinski definition) is 6. The Morgan fingerprint density at radius 2 is 2.43 bits per heavy atom. The van der Waals surface area contributed by atoms with Crippen molar-refractivity contribution in [2.45, 2.75) is 0 Å². The van der Waals surface area contributed by atoms with Crippen LogP contribution >= 0.6 is 0 Å². The largest absolute Gasteiger partial charge is 0.370 e. The van der Waals surface area contributed by atoms with E-state index in [1.54, 1.807) is 0 Å². The third-order valence-corrected chi connectivity index (χ3v) is 1.28. The summed E-state index contributed by atoms with van der Waals surface area (Å²) in [4.78, 5) is 14.1. The SMILES string of the molecule is NC(=O)COCCNc1n[nH]c(N)n1. The Kier molecular flexibility index (Phi) is 3.68. The van der Waals surface area contributed by atoms with Crippen molar-refractivity contribution < 1.29 is 9.53 Å². The lowest BCUT2D eigenvalue weighted by Crippen LogP contribution is -2.20. The Hall–Kier alpha value is -1.83. The summed E-state index contributed by atoms with van der Waals surface area (Å²) < 4.78 is 4.89. The number of aromatic nitrogens is 3. The number of amides is 1. The molecule has 1 rings (SSSR count). The Morgan fingerprint density at radius 1 is 1.64 bits per heavy atom. The van der Waals surface area contributed by atoms with Gasteiger partial charge in [-0.25, -0.2) is 5.10 Å². The summed E-state index contributed by atoms with van der Waals surface area (Å²) in [7, 11) is 0. The Balaban J connectivity index is 2.07. The number of rotatable bonds is 6. The second kappa shape index (κ2) is 5.02. The molecule has 0 bridgehead atoms. The molecular weight excluding hydrogens is 188 g/mol. The highest BCUT2D eigenvalue weighted by Crippen LogP contribution is 1.97. The predicted octanol–water partition coefficient (Wildman–Crippen LogP) is -1.70. The fourth-order valence-electron chi connectivity index (χ4n) is 0.761. The summed E-state index contributed by atoms with van der Waals surface area (Å²) >= 11 is 0. The Morgan fingerprint density at radius 3 is 3.00 bits per heavy atom. The van der Waals surface area contributed by atoms with Crippen molar-refractivity contribution in [3.05, 3.63) is 0 Å². The standard InChI is InChI=1S/C6H12N6O2/c7-4(13)3-14-2-1-9-6-10-5(8)11-12-6/h1-3H2,(H2,7,13)(H4,8,9,10,11,12). The van der Waals surface area contributed by atoms with E-state index in [2.05, 4.69) is 20.5 Å². The minimum absolute atomic E-state index is 0.0855. The molecule has 0 aromatic carbocycles. The number of nitrogens with zero attached hydrogens (tertiary/aromatic N) is 2. The van der Waals surface area contributed by atoms with Gasteiger partial charge in [-0.2, -0.15) is 4.98 Å². The lowest BCUT2D eigenvalue weighted by atomic mass is 10.6.